The average Bonchev–Trinajstić information content (AvgIpc) is 2.96. The summed E-state index contributed by atoms with van der Waals surface area (Å²) in [6, 6.07) is 22.9. The van der Waals surface area contributed by atoms with E-state index in [2.05, 4.69) is 5.32 Å². The summed E-state index contributed by atoms with van der Waals surface area (Å²) in [5, 5.41) is 13.0. The second kappa shape index (κ2) is 11.7. The third-order valence-electron chi connectivity index (χ3n) is 6.08. The molecule has 0 aliphatic rings. The summed E-state index contributed by atoms with van der Waals surface area (Å²) in [6.45, 7) is 0. The molecule has 0 heterocycles. The molecule has 0 radical (unpaired) electrons. The summed E-state index contributed by atoms with van der Waals surface area (Å²) in [5.41, 5.74) is 2.42. The van der Waals surface area contributed by atoms with E-state index in [4.69, 9.17) is 21.1 Å². The van der Waals surface area contributed by atoms with E-state index in [1.807, 2.05) is 24.1 Å². The predicted octanol–water partition coefficient (Wildman–Crippen LogP) is 6.31. The van der Waals surface area contributed by atoms with Crippen molar-refractivity contribution >= 4 is 46.3 Å². The van der Waals surface area contributed by atoms with Gasteiger partial charge in [0.05, 0.1) is 19.8 Å². The lowest BCUT2D eigenvalue weighted by atomic mass is 9.98. The van der Waals surface area contributed by atoms with Gasteiger partial charge in [-0.25, -0.2) is 4.79 Å². The number of carbonyl (C=O) groups excluding carboxylic acids is 2. The van der Waals surface area contributed by atoms with Gasteiger partial charge >= 0.3 is 5.97 Å². The Bertz CT molecular complexity index is 1530. The number of ether oxygens (including phenoxy) is 2. The molecule has 0 spiro atoms. The third-order valence-corrected chi connectivity index (χ3v) is 6.33. The second-order valence-corrected chi connectivity index (χ2v) is 8.98. The van der Waals surface area contributed by atoms with Crippen molar-refractivity contribution in [2.75, 3.05) is 31.5 Å². The fourth-order valence-corrected chi connectivity index (χ4v) is 4.07. The molecule has 0 saturated heterocycles. The Morgan fingerprint density at radius 2 is 1.28 bits per heavy atom. The molecule has 4 rings (SSSR count). The summed E-state index contributed by atoms with van der Waals surface area (Å²) in [7, 11) is 4.86. The minimum absolute atomic E-state index is 0.0205. The number of benzene rings is 4. The minimum atomic E-state index is -1.26. The number of carboxylic acid groups (broad SMARTS) is 1. The number of halogens is 1. The monoisotopic (exact) mass is 544 g/mol. The van der Waals surface area contributed by atoms with Crippen LogP contribution in [0.25, 0.3) is 0 Å². The van der Waals surface area contributed by atoms with Crippen LogP contribution in [0, 0.1) is 0 Å². The number of nitrogens with zero attached hydrogens (tertiary/aromatic N) is 1. The lowest BCUT2D eigenvalue weighted by molar-refractivity contribution is 0.0697. The van der Waals surface area contributed by atoms with Gasteiger partial charge in [-0.05, 0) is 78.9 Å². The molecule has 1 amide bonds. The number of ketones is 1. The third kappa shape index (κ3) is 6.19. The van der Waals surface area contributed by atoms with Gasteiger partial charge in [0.2, 0.25) is 0 Å². The molecule has 0 saturated carbocycles. The lowest BCUT2D eigenvalue weighted by Crippen LogP contribution is -2.15. The number of anilines is 3. The zero-order valence-corrected chi connectivity index (χ0v) is 22.2. The van der Waals surface area contributed by atoms with E-state index in [1.165, 1.54) is 32.4 Å². The number of carbonyl (C=O) groups is 3. The van der Waals surface area contributed by atoms with Gasteiger partial charge in [0.1, 0.15) is 0 Å². The number of hydrogen-bond donors (Lipinski definition) is 2. The number of amides is 1. The Morgan fingerprint density at radius 1 is 0.718 bits per heavy atom. The Morgan fingerprint density at radius 3 is 1.87 bits per heavy atom. The van der Waals surface area contributed by atoms with Gasteiger partial charge in [-0.1, -0.05) is 11.6 Å². The number of methoxy groups -OCH3 is 2. The summed E-state index contributed by atoms with van der Waals surface area (Å²) < 4.78 is 10.5. The van der Waals surface area contributed by atoms with Crippen molar-refractivity contribution in [3.8, 4) is 11.5 Å². The molecular formula is C30H25ClN2O6. The first kappa shape index (κ1) is 27.2. The number of carboxylic acids is 1. The molecule has 4 aromatic carbocycles. The maximum atomic E-state index is 13.3. The molecule has 0 atom stereocenters. The Hall–Kier alpha value is -4.82. The van der Waals surface area contributed by atoms with E-state index in [-0.39, 0.29) is 16.7 Å². The SMILES string of the molecule is COc1ccc(NC(=O)c2cc(C(=O)O)cc(C(=O)c3ccc(N(C)c4ccc(Cl)cc4)cc3)c2)cc1OC. The van der Waals surface area contributed by atoms with Crippen LogP contribution in [-0.4, -0.2) is 44.0 Å². The summed E-state index contributed by atoms with van der Waals surface area (Å²) in [4.78, 5) is 40.1. The molecule has 39 heavy (non-hydrogen) atoms. The Kier molecular flexibility index (Phi) is 8.17. The van der Waals surface area contributed by atoms with Gasteiger partial charge in [0.25, 0.3) is 5.91 Å². The molecule has 9 heteroatoms. The van der Waals surface area contributed by atoms with Gasteiger partial charge in [-0.2, -0.15) is 0 Å². The second-order valence-electron chi connectivity index (χ2n) is 8.54. The molecule has 0 unspecified atom stereocenters. The minimum Gasteiger partial charge on any atom is -0.493 e. The van der Waals surface area contributed by atoms with Gasteiger partial charge in [0, 0.05) is 51.9 Å². The number of nitrogens with one attached hydrogen (secondary N) is 1. The van der Waals surface area contributed by atoms with Crippen LogP contribution in [0.5, 0.6) is 11.5 Å². The molecular weight excluding hydrogens is 520 g/mol. The first-order valence-corrected chi connectivity index (χ1v) is 12.1. The molecule has 0 fully saturated rings. The molecule has 8 nitrogen and oxygen atoms in total. The Balaban J connectivity index is 1.59. The van der Waals surface area contributed by atoms with E-state index in [0.717, 1.165) is 11.4 Å². The van der Waals surface area contributed by atoms with Crippen LogP contribution < -0.4 is 19.7 Å². The molecule has 2 N–H and O–H groups in total. The van der Waals surface area contributed by atoms with Crippen molar-refractivity contribution in [3.63, 3.8) is 0 Å². The standard InChI is InChI=1S/C30H25ClN2O6/c1-33(25-11-6-22(31)7-12-25)24-9-4-18(5-10-24)28(34)19-14-20(16-21(15-19)30(36)37)29(35)32-23-8-13-26(38-2)27(17-23)39-3/h4-17H,1-3H3,(H,32,35)(H,36,37). The van der Waals surface area contributed by atoms with E-state index < -0.39 is 17.7 Å². The van der Waals surface area contributed by atoms with Gasteiger partial charge in [-0.15, -0.1) is 0 Å². The zero-order valence-electron chi connectivity index (χ0n) is 21.4. The van der Waals surface area contributed by atoms with Crippen LogP contribution in [0.4, 0.5) is 17.1 Å². The number of hydrogen-bond acceptors (Lipinski definition) is 6. The molecule has 0 aromatic heterocycles. The summed E-state index contributed by atoms with van der Waals surface area (Å²) in [5.74, 6) is -1.36. The topological polar surface area (TPSA) is 105 Å². The van der Waals surface area contributed by atoms with Crippen LogP contribution in [0.3, 0.4) is 0 Å². The van der Waals surface area contributed by atoms with Crippen LogP contribution in [0.1, 0.15) is 36.6 Å². The summed E-state index contributed by atoms with van der Waals surface area (Å²) >= 11 is 5.97. The average molecular weight is 545 g/mol. The van der Waals surface area contributed by atoms with Gasteiger partial charge in [-0.3, -0.25) is 9.59 Å². The summed E-state index contributed by atoms with van der Waals surface area (Å²) in [6.07, 6.45) is 0. The molecule has 198 valence electrons. The maximum Gasteiger partial charge on any atom is 0.335 e. The van der Waals surface area contributed by atoms with Crippen LogP contribution >= 0.6 is 11.6 Å². The van der Waals surface area contributed by atoms with E-state index in [9.17, 15) is 19.5 Å². The molecule has 0 aliphatic carbocycles. The van der Waals surface area contributed by atoms with Crippen LogP contribution in [0.15, 0.2) is 84.9 Å². The van der Waals surface area contributed by atoms with Gasteiger partial charge in [0.15, 0.2) is 17.3 Å². The van der Waals surface area contributed by atoms with Crippen molar-refractivity contribution in [2.45, 2.75) is 0 Å². The maximum absolute atomic E-state index is 13.3. The zero-order chi connectivity index (χ0) is 28.1. The number of aromatic carboxylic acids is 1. The molecule has 0 bridgehead atoms. The normalized spacial score (nSPS) is 10.5. The van der Waals surface area contributed by atoms with Crippen molar-refractivity contribution in [1.82, 2.24) is 0 Å². The lowest BCUT2D eigenvalue weighted by Gasteiger charge is -2.19. The van der Waals surface area contributed by atoms with Crippen molar-refractivity contribution in [3.05, 3.63) is 112 Å². The van der Waals surface area contributed by atoms with E-state index in [0.29, 0.717) is 27.8 Å². The van der Waals surface area contributed by atoms with Crippen LogP contribution in [-0.2, 0) is 0 Å². The molecule has 4 aromatic rings. The first-order chi connectivity index (χ1) is 18.7. The van der Waals surface area contributed by atoms with Crippen molar-refractivity contribution in [2.24, 2.45) is 0 Å². The fraction of sp³-hybridized carbons (Fsp3) is 0.100. The highest BCUT2D eigenvalue weighted by atomic mass is 35.5. The first-order valence-electron chi connectivity index (χ1n) is 11.8. The quantitative estimate of drug-likeness (QED) is 0.238. The van der Waals surface area contributed by atoms with E-state index in [1.54, 1.807) is 54.6 Å². The Labute approximate surface area is 230 Å². The number of rotatable bonds is 9. The smallest absolute Gasteiger partial charge is 0.335 e. The van der Waals surface area contributed by atoms with Crippen LogP contribution in [0.2, 0.25) is 5.02 Å². The fourth-order valence-electron chi connectivity index (χ4n) is 3.95. The predicted molar refractivity (Wildman–Crippen MR) is 150 cm³/mol. The highest BCUT2D eigenvalue weighted by molar-refractivity contribution is 6.30. The van der Waals surface area contributed by atoms with Crippen molar-refractivity contribution < 1.29 is 29.0 Å². The highest BCUT2D eigenvalue weighted by Crippen LogP contribution is 2.30. The molecule has 0 aliphatic heterocycles. The highest BCUT2D eigenvalue weighted by Gasteiger charge is 2.18. The largest absolute Gasteiger partial charge is 0.493 e. The van der Waals surface area contributed by atoms with E-state index >= 15 is 0 Å². The van der Waals surface area contributed by atoms with Crippen molar-refractivity contribution in [1.29, 1.82) is 0 Å². The van der Waals surface area contributed by atoms with Gasteiger partial charge < -0.3 is 24.8 Å².